The zero-order chi connectivity index (χ0) is 14.5. The van der Waals surface area contributed by atoms with Gasteiger partial charge in [0.25, 0.3) is 0 Å². The van der Waals surface area contributed by atoms with Crippen LogP contribution in [-0.4, -0.2) is 30.3 Å². The lowest BCUT2D eigenvalue weighted by molar-refractivity contribution is 0.178. The predicted molar refractivity (Wildman–Crippen MR) is 78.9 cm³/mol. The fourth-order valence-electron chi connectivity index (χ4n) is 2.50. The second-order valence-electron chi connectivity index (χ2n) is 5.42. The number of oxime groups is 1. The Kier molecular flexibility index (Phi) is 4.98. The molecular formula is C15H23N3O2. The topological polar surface area (TPSA) is 79.9 Å². The van der Waals surface area contributed by atoms with Gasteiger partial charge in [0, 0.05) is 24.8 Å². The van der Waals surface area contributed by atoms with Crippen molar-refractivity contribution in [1.82, 2.24) is 5.32 Å². The highest BCUT2D eigenvalue weighted by Gasteiger charge is 2.21. The van der Waals surface area contributed by atoms with E-state index < -0.39 is 0 Å². The van der Waals surface area contributed by atoms with Gasteiger partial charge in [-0.15, -0.1) is 0 Å². The monoisotopic (exact) mass is 277 g/mol. The lowest BCUT2D eigenvalue weighted by atomic mass is 9.99. The molecule has 0 aliphatic carbocycles. The molecule has 1 heterocycles. The van der Waals surface area contributed by atoms with Crippen molar-refractivity contribution in [2.75, 3.05) is 13.2 Å². The number of nitrogens with one attached hydrogen (secondary N) is 1. The second-order valence-corrected chi connectivity index (χ2v) is 5.42. The summed E-state index contributed by atoms with van der Waals surface area (Å²) in [7, 11) is 0. The smallest absolute Gasteiger partial charge is 0.170 e. The van der Waals surface area contributed by atoms with E-state index in [-0.39, 0.29) is 5.84 Å². The maximum Gasteiger partial charge on any atom is 0.170 e. The van der Waals surface area contributed by atoms with Crippen LogP contribution in [0.3, 0.4) is 0 Å². The molecule has 1 aliphatic rings. The van der Waals surface area contributed by atoms with Crippen LogP contribution in [0.1, 0.15) is 30.0 Å². The molecule has 1 fully saturated rings. The van der Waals surface area contributed by atoms with Gasteiger partial charge in [-0.25, -0.2) is 0 Å². The van der Waals surface area contributed by atoms with Gasteiger partial charge in [-0.1, -0.05) is 17.3 Å². The Morgan fingerprint density at radius 3 is 3.00 bits per heavy atom. The fraction of sp³-hybridized carbons (Fsp3) is 0.533. The first-order valence-corrected chi connectivity index (χ1v) is 7.00. The highest BCUT2D eigenvalue weighted by molar-refractivity contribution is 5.97. The number of ether oxygens (including phenoxy) is 1. The van der Waals surface area contributed by atoms with E-state index in [1.165, 1.54) is 5.56 Å². The molecule has 0 amide bonds. The standard InChI is InChI=1S/C15H23N3O2/c1-10-7-12(15(16)18-19)3-4-13(10)8-17-11(2)14-5-6-20-9-14/h3-4,7,11,14,17,19H,5-6,8-9H2,1-2H3,(H2,16,18). The Balaban J connectivity index is 1.96. The summed E-state index contributed by atoms with van der Waals surface area (Å²) in [6.07, 6.45) is 1.13. The average molecular weight is 277 g/mol. The van der Waals surface area contributed by atoms with E-state index in [1.54, 1.807) is 0 Å². The molecule has 0 aromatic heterocycles. The minimum Gasteiger partial charge on any atom is -0.409 e. The van der Waals surface area contributed by atoms with E-state index in [0.29, 0.717) is 12.0 Å². The van der Waals surface area contributed by atoms with Crippen molar-refractivity contribution in [3.05, 3.63) is 34.9 Å². The number of benzene rings is 1. The molecule has 1 aromatic rings. The Labute approximate surface area is 119 Å². The summed E-state index contributed by atoms with van der Waals surface area (Å²) < 4.78 is 5.42. The SMILES string of the molecule is Cc1cc(/C(N)=N/O)ccc1CNC(C)C1CCOC1. The lowest BCUT2D eigenvalue weighted by Crippen LogP contribution is -2.33. The van der Waals surface area contributed by atoms with Crippen LogP contribution in [0.25, 0.3) is 0 Å². The van der Waals surface area contributed by atoms with Crippen LogP contribution in [0.5, 0.6) is 0 Å². The van der Waals surface area contributed by atoms with Crippen molar-refractivity contribution in [2.45, 2.75) is 32.9 Å². The van der Waals surface area contributed by atoms with Crippen molar-refractivity contribution >= 4 is 5.84 Å². The van der Waals surface area contributed by atoms with E-state index in [1.807, 2.05) is 25.1 Å². The maximum atomic E-state index is 8.68. The minimum atomic E-state index is 0.143. The first-order chi connectivity index (χ1) is 9.61. The molecule has 0 spiro atoms. The van der Waals surface area contributed by atoms with E-state index in [9.17, 15) is 0 Å². The Morgan fingerprint density at radius 1 is 1.60 bits per heavy atom. The van der Waals surface area contributed by atoms with Gasteiger partial charge < -0.3 is 21.0 Å². The Hall–Kier alpha value is -1.59. The third-order valence-corrected chi connectivity index (χ3v) is 4.03. The molecule has 5 heteroatoms. The molecule has 2 atom stereocenters. The molecule has 110 valence electrons. The normalized spacial score (nSPS) is 21.1. The quantitative estimate of drug-likeness (QED) is 0.330. The van der Waals surface area contributed by atoms with Gasteiger partial charge in [-0.3, -0.25) is 0 Å². The van der Waals surface area contributed by atoms with Gasteiger partial charge in [-0.05, 0) is 43.4 Å². The van der Waals surface area contributed by atoms with Crippen molar-refractivity contribution in [3.63, 3.8) is 0 Å². The Morgan fingerprint density at radius 2 is 2.40 bits per heavy atom. The molecular weight excluding hydrogens is 254 g/mol. The Bertz CT molecular complexity index is 482. The summed E-state index contributed by atoms with van der Waals surface area (Å²) in [6, 6.07) is 6.28. The van der Waals surface area contributed by atoms with Crippen LogP contribution in [0, 0.1) is 12.8 Å². The van der Waals surface area contributed by atoms with Gasteiger partial charge in [0.1, 0.15) is 0 Å². The number of hydrogen-bond acceptors (Lipinski definition) is 4. The third-order valence-electron chi connectivity index (χ3n) is 4.03. The van der Waals surface area contributed by atoms with Crippen molar-refractivity contribution in [2.24, 2.45) is 16.8 Å². The number of aryl methyl sites for hydroxylation is 1. The molecule has 1 aliphatic heterocycles. The number of rotatable bonds is 5. The summed E-state index contributed by atoms with van der Waals surface area (Å²) in [5, 5.41) is 15.3. The molecule has 4 N–H and O–H groups in total. The van der Waals surface area contributed by atoms with Crippen molar-refractivity contribution in [1.29, 1.82) is 0 Å². The largest absolute Gasteiger partial charge is 0.409 e. The van der Waals surface area contributed by atoms with Gasteiger partial charge in [0.15, 0.2) is 5.84 Å². The second kappa shape index (κ2) is 6.72. The van der Waals surface area contributed by atoms with Crippen molar-refractivity contribution in [3.8, 4) is 0 Å². The molecule has 1 aromatic carbocycles. The number of hydrogen-bond donors (Lipinski definition) is 3. The van der Waals surface area contributed by atoms with Crippen LogP contribution in [0.2, 0.25) is 0 Å². The summed E-state index contributed by atoms with van der Waals surface area (Å²) in [5.74, 6) is 0.746. The molecule has 2 unspecified atom stereocenters. The predicted octanol–water partition coefficient (Wildman–Crippen LogP) is 1.60. The van der Waals surface area contributed by atoms with Crippen LogP contribution >= 0.6 is 0 Å². The molecule has 0 saturated carbocycles. The highest BCUT2D eigenvalue weighted by atomic mass is 16.5. The molecule has 0 radical (unpaired) electrons. The number of nitrogens with zero attached hydrogens (tertiary/aromatic N) is 1. The van der Waals surface area contributed by atoms with Gasteiger partial charge in [0.2, 0.25) is 0 Å². The molecule has 5 nitrogen and oxygen atoms in total. The summed E-state index contributed by atoms with van der Waals surface area (Å²) in [4.78, 5) is 0. The molecule has 2 rings (SSSR count). The first kappa shape index (κ1) is 14.8. The third kappa shape index (κ3) is 3.49. The summed E-state index contributed by atoms with van der Waals surface area (Å²) in [6.45, 7) is 6.80. The van der Waals surface area contributed by atoms with Crippen molar-refractivity contribution < 1.29 is 9.94 Å². The van der Waals surface area contributed by atoms with Crippen LogP contribution in [0.15, 0.2) is 23.4 Å². The molecule has 0 bridgehead atoms. The lowest BCUT2D eigenvalue weighted by Gasteiger charge is -2.20. The molecule has 1 saturated heterocycles. The maximum absolute atomic E-state index is 8.68. The number of amidine groups is 1. The highest BCUT2D eigenvalue weighted by Crippen LogP contribution is 2.17. The van der Waals surface area contributed by atoms with Crippen LogP contribution in [0.4, 0.5) is 0 Å². The van der Waals surface area contributed by atoms with E-state index >= 15 is 0 Å². The zero-order valence-corrected chi connectivity index (χ0v) is 12.1. The van der Waals surface area contributed by atoms with Crippen LogP contribution < -0.4 is 11.1 Å². The molecule has 20 heavy (non-hydrogen) atoms. The zero-order valence-electron chi connectivity index (χ0n) is 12.1. The average Bonchev–Trinajstić information content (AvgIpc) is 2.99. The fourth-order valence-corrected chi connectivity index (χ4v) is 2.50. The van der Waals surface area contributed by atoms with Gasteiger partial charge in [0.05, 0.1) is 6.61 Å². The van der Waals surface area contributed by atoms with Gasteiger partial charge >= 0.3 is 0 Å². The van der Waals surface area contributed by atoms with Crippen LogP contribution in [-0.2, 0) is 11.3 Å². The number of nitrogens with two attached hydrogens (primary N) is 1. The van der Waals surface area contributed by atoms with E-state index in [4.69, 9.17) is 15.7 Å². The summed E-state index contributed by atoms with van der Waals surface area (Å²) >= 11 is 0. The van der Waals surface area contributed by atoms with Gasteiger partial charge in [-0.2, -0.15) is 0 Å². The first-order valence-electron chi connectivity index (χ1n) is 7.00. The van der Waals surface area contributed by atoms with E-state index in [0.717, 1.165) is 37.3 Å². The van der Waals surface area contributed by atoms with E-state index in [2.05, 4.69) is 17.4 Å². The minimum absolute atomic E-state index is 0.143. The summed E-state index contributed by atoms with van der Waals surface area (Å²) in [5.41, 5.74) is 8.69.